The smallest absolute Gasteiger partial charge is 0.164 e. The van der Waals surface area contributed by atoms with Crippen molar-refractivity contribution in [2.45, 2.75) is 19.4 Å². The first kappa shape index (κ1) is 12.3. The van der Waals surface area contributed by atoms with E-state index in [1.807, 2.05) is 30.3 Å². The Morgan fingerprint density at radius 3 is 2.56 bits per heavy atom. The Bertz CT molecular complexity index is 424. The lowest BCUT2D eigenvalue weighted by molar-refractivity contribution is 0.170. The van der Waals surface area contributed by atoms with Gasteiger partial charge in [-0.15, -0.1) is 0 Å². The number of nitrogens with zero attached hydrogens (tertiary/aromatic N) is 1. The molecule has 1 atom stereocenters. The van der Waals surface area contributed by atoms with Gasteiger partial charge < -0.3 is 9.94 Å². The van der Waals surface area contributed by atoms with Crippen LogP contribution in [0.3, 0.4) is 0 Å². The number of aliphatic hydroxyl groups is 1. The zero-order valence-corrected chi connectivity index (χ0v) is 9.69. The van der Waals surface area contributed by atoms with Crippen LogP contribution in [-0.4, -0.2) is 23.5 Å². The van der Waals surface area contributed by atoms with E-state index in [1.165, 1.54) is 7.11 Å². The molecule has 3 nitrogen and oxygen atoms in total. The summed E-state index contributed by atoms with van der Waals surface area (Å²) in [7, 11) is 1.43. The molecule has 0 radical (unpaired) electrons. The fourth-order valence-electron chi connectivity index (χ4n) is 1.03. The first-order valence-electron chi connectivity index (χ1n) is 4.95. The van der Waals surface area contributed by atoms with E-state index < -0.39 is 5.60 Å². The van der Waals surface area contributed by atoms with Crippen molar-refractivity contribution in [1.82, 2.24) is 0 Å². The van der Waals surface area contributed by atoms with Gasteiger partial charge in [-0.05, 0) is 26.0 Å². The predicted octanol–water partition coefficient (Wildman–Crippen LogP) is 1.81. The second-order valence-corrected chi connectivity index (χ2v) is 3.55. The highest BCUT2D eigenvalue weighted by Crippen LogP contribution is 2.06. The van der Waals surface area contributed by atoms with E-state index in [4.69, 9.17) is 0 Å². The molecule has 0 aliphatic heterocycles. The monoisotopic (exact) mass is 217 g/mol. The third-order valence-corrected chi connectivity index (χ3v) is 2.16. The molecule has 1 aromatic rings. The minimum atomic E-state index is -1.27. The average molecular weight is 217 g/mol. The summed E-state index contributed by atoms with van der Waals surface area (Å²) in [6.07, 6.45) is 0. The molecule has 1 aromatic carbocycles. The predicted molar refractivity (Wildman–Crippen MR) is 64.1 cm³/mol. The highest BCUT2D eigenvalue weighted by atomic mass is 16.6. The van der Waals surface area contributed by atoms with Crippen molar-refractivity contribution in [2.24, 2.45) is 5.16 Å². The van der Waals surface area contributed by atoms with Crippen LogP contribution in [0.5, 0.6) is 0 Å². The summed E-state index contributed by atoms with van der Waals surface area (Å²) in [5.41, 5.74) is 0.0118. The van der Waals surface area contributed by atoms with Crippen LogP contribution in [0.1, 0.15) is 19.4 Å². The van der Waals surface area contributed by atoms with Crippen LogP contribution in [0.2, 0.25) is 0 Å². The van der Waals surface area contributed by atoms with Crippen LogP contribution in [0.4, 0.5) is 0 Å². The summed E-state index contributed by atoms with van der Waals surface area (Å²) in [6, 6.07) is 9.47. The first-order chi connectivity index (χ1) is 7.56. The van der Waals surface area contributed by atoms with Gasteiger partial charge in [0, 0.05) is 5.56 Å². The van der Waals surface area contributed by atoms with E-state index in [1.54, 1.807) is 13.8 Å². The summed E-state index contributed by atoms with van der Waals surface area (Å²) in [4.78, 5) is 4.60. The van der Waals surface area contributed by atoms with E-state index in [9.17, 15) is 5.11 Å². The molecule has 0 fully saturated rings. The van der Waals surface area contributed by atoms with Gasteiger partial charge >= 0.3 is 0 Å². The van der Waals surface area contributed by atoms with Crippen molar-refractivity contribution in [3.05, 3.63) is 35.9 Å². The molecule has 1 rings (SSSR count). The quantitative estimate of drug-likeness (QED) is 0.466. The van der Waals surface area contributed by atoms with Crippen LogP contribution >= 0.6 is 0 Å². The Morgan fingerprint density at radius 1 is 1.38 bits per heavy atom. The lowest BCUT2D eigenvalue weighted by Crippen LogP contribution is -2.31. The summed E-state index contributed by atoms with van der Waals surface area (Å²) >= 11 is 0. The number of hydrogen-bond acceptors (Lipinski definition) is 3. The van der Waals surface area contributed by atoms with Crippen LogP contribution in [-0.2, 0) is 4.84 Å². The topological polar surface area (TPSA) is 41.8 Å². The van der Waals surface area contributed by atoms with Crippen LogP contribution in [0.15, 0.2) is 35.5 Å². The Morgan fingerprint density at radius 2 is 2.00 bits per heavy atom. The highest BCUT2D eigenvalue weighted by Gasteiger charge is 2.21. The van der Waals surface area contributed by atoms with Crippen LogP contribution in [0.25, 0.3) is 0 Å². The molecule has 0 aromatic heterocycles. The number of rotatable bonds is 2. The van der Waals surface area contributed by atoms with Crippen molar-refractivity contribution in [3.8, 4) is 11.8 Å². The zero-order valence-electron chi connectivity index (χ0n) is 9.69. The average Bonchev–Trinajstić information content (AvgIpc) is 2.28. The fourth-order valence-corrected chi connectivity index (χ4v) is 1.03. The maximum atomic E-state index is 9.99. The molecule has 0 saturated carbocycles. The zero-order chi connectivity index (χ0) is 12.0. The largest absolute Gasteiger partial charge is 0.399 e. The second-order valence-electron chi connectivity index (χ2n) is 3.55. The molecule has 0 spiro atoms. The lowest BCUT2D eigenvalue weighted by Gasteiger charge is -2.14. The summed E-state index contributed by atoms with van der Waals surface area (Å²) in [5.74, 6) is 5.64. The Labute approximate surface area is 95.7 Å². The second kappa shape index (κ2) is 5.34. The fraction of sp³-hybridized carbons (Fsp3) is 0.308. The summed E-state index contributed by atoms with van der Waals surface area (Å²) in [6.45, 7) is 3.25. The summed E-state index contributed by atoms with van der Waals surface area (Å²) in [5, 5.41) is 13.7. The third kappa shape index (κ3) is 3.41. The van der Waals surface area contributed by atoms with Gasteiger partial charge in [-0.3, -0.25) is 0 Å². The molecule has 1 unspecified atom stereocenters. The van der Waals surface area contributed by atoms with Gasteiger partial charge in [0.1, 0.15) is 7.11 Å². The molecule has 1 N–H and O–H groups in total. The molecule has 0 saturated heterocycles. The molecule has 0 heterocycles. The molecule has 0 aliphatic carbocycles. The number of oxime groups is 1. The molecule has 0 amide bonds. The van der Waals surface area contributed by atoms with Gasteiger partial charge in [0.05, 0.1) is 5.71 Å². The maximum absolute atomic E-state index is 9.99. The van der Waals surface area contributed by atoms with Gasteiger partial charge in [-0.1, -0.05) is 35.2 Å². The maximum Gasteiger partial charge on any atom is 0.164 e. The van der Waals surface area contributed by atoms with Gasteiger partial charge in [-0.25, -0.2) is 0 Å². The van der Waals surface area contributed by atoms with Crippen molar-refractivity contribution in [1.29, 1.82) is 0 Å². The van der Waals surface area contributed by atoms with E-state index >= 15 is 0 Å². The van der Waals surface area contributed by atoms with E-state index in [2.05, 4.69) is 21.8 Å². The van der Waals surface area contributed by atoms with Gasteiger partial charge in [0.25, 0.3) is 0 Å². The molecular formula is C13H15NO2. The van der Waals surface area contributed by atoms with Crippen molar-refractivity contribution < 1.29 is 9.94 Å². The van der Waals surface area contributed by atoms with Crippen molar-refractivity contribution >= 4 is 5.71 Å². The first-order valence-corrected chi connectivity index (χ1v) is 4.95. The van der Waals surface area contributed by atoms with E-state index in [0.717, 1.165) is 5.56 Å². The molecule has 84 valence electrons. The van der Waals surface area contributed by atoms with Gasteiger partial charge in [0.15, 0.2) is 5.60 Å². The highest BCUT2D eigenvalue weighted by molar-refractivity contribution is 5.92. The molecule has 0 aliphatic rings. The molecule has 0 bridgehead atoms. The minimum absolute atomic E-state index is 0.429. The Balaban J connectivity index is 2.89. The van der Waals surface area contributed by atoms with Crippen LogP contribution < -0.4 is 0 Å². The lowest BCUT2D eigenvalue weighted by atomic mass is 10.0. The SMILES string of the molecule is CO/N=C(\C)C(C)(O)C#Cc1ccccc1. The standard InChI is InChI=1S/C13H15NO2/c1-11(14-16-3)13(2,15)10-9-12-7-5-4-6-8-12/h4-8,15H,1-3H3/b14-11+. The molecule has 3 heteroatoms. The van der Waals surface area contributed by atoms with Crippen molar-refractivity contribution in [2.75, 3.05) is 7.11 Å². The third-order valence-electron chi connectivity index (χ3n) is 2.16. The minimum Gasteiger partial charge on any atom is -0.399 e. The normalized spacial score (nSPS) is 14.6. The van der Waals surface area contributed by atoms with Crippen LogP contribution in [0, 0.1) is 11.8 Å². The Hall–Kier alpha value is -1.79. The number of benzene rings is 1. The van der Waals surface area contributed by atoms with Crippen molar-refractivity contribution in [3.63, 3.8) is 0 Å². The molecule has 16 heavy (non-hydrogen) atoms. The van der Waals surface area contributed by atoms with Gasteiger partial charge in [-0.2, -0.15) is 0 Å². The van der Waals surface area contributed by atoms with Gasteiger partial charge in [0.2, 0.25) is 0 Å². The Kier molecular flexibility index (Phi) is 4.10. The molecular weight excluding hydrogens is 202 g/mol. The van der Waals surface area contributed by atoms with E-state index in [0.29, 0.717) is 5.71 Å². The summed E-state index contributed by atoms with van der Waals surface area (Å²) < 4.78 is 0. The number of hydrogen-bond donors (Lipinski definition) is 1. The van der Waals surface area contributed by atoms with E-state index in [-0.39, 0.29) is 0 Å².